The summed E-state index contributed by atoms with van der Waals surface area (Å²) in [4.78, 5) is 38.4. The molecule has 2 rings (SSSR count). The molecular formula is C13H20N2O5S. The number of carbonyl (C=O) groups is 3. The van der Waals surface area contributed by atoms with Crippen molar-refractivity contribution in [2.24, 2.45) is 5.92 Å². The molecule has 2 atom stereocenters. The predicted octanol–water partition coefficient (Wildman–Crippen LogP) is 0.841. The van der Waals surface area contributed by atoms with Crippen molar-refractivity contribution in [1.82, 2.24) is 9.80 Å². The van der Waals surface area contributed by atoms with E-state index in [9.17, 15) is 14.4 Å². The van der Waals surface area contributed by atoms with Gasteiger partial charge in [0.05, 0.1) is 18.4 Å². The van der Waals surface area contributed by atoms with Gasteiger partial charge in [-0.1, -0.05) is 0 Å². The van der Waals surface area contributed by atoms with Crippen LogP contribution >= 0.6 is 11.8 Å². The van der Waals surface area contributed by atoms with Gasteiger partial charge in [0.2, 0.25) is 0 Å². The number of ether oxygens (including phenoxy) is 1. The van der Waals surface area contributed by atoms with E-state index in [0.29, 0.717) is 37.7 Å². The molecule has 0 radical (unpaired) electrons. The van der Waals surface area contributed by atoms with Crippen LogP contribution in [-0.4, -0.2) is 70.2 Å². The Morgan fingerprint density at radius 3 is 2.81 bits per heavy atom. The fourth-order valence-electron chi connectivity index (χ4n) is 2.62. The van der Waals surface area contributed by atoms with Gasteiger partial charge < -0.3 is 19.6 Å². The summed E-state index contributed by atoms with van der Waals surface area (Å²) in [6.07, 6.45) is 1.44. The number of carbonyl (C=O) groups excluding carboxylic acids is 2. The smallest absolute Gasteiger partial charge is 0.327 e. The largest absolute Gasteiger partial charge is 0.480 e. The van der Waals surface area contributed by atoms with Crippen LogP contribution in [0.15, 0.2) is 0 Å². The zero-order valence-corrected chi connectivity index (χ0v) is 12.8. The molecular weight excluding hydrogens is 296 g/mol. The highest BCUT2D eigenvalue weighted by Gasteiger charge is 2.39. The summed E-state index contributed by atoms with van der Waals surface area (Å²) >= 11 is 1.43. The standard InChI is InChI=1S/C13H20N2O5S/c1-2-20-12(18)9-4-3-5-14(6-9)13(19)15-8-21-7-10(15)11(16)17/h9-10H,2-8H2,1H3,(H,16,17)/t9?,10-/m0/s1. The van der Waals surface area contributed by atoms with E-state index in [1.807, 2.05) is 0 Å². The molecule has 2 saturated heterocycles. The highest BCUT2D eigenvalue weighted by atomic mass is 32.2. The molecule has 0 bridgehead atoms. The van der Waals surface area contributed by atoms with Crippen molar-refractivity contribution < 1.29 is 24.2 Å². The van der Waals surface area contributed by atoms with Crippen molar-refractivity contribution in [3.63, 3.8) is 0 Å². The molecule has 21 heavy (non-hydrogen) atoms. The van der Waals surface area contributed by atoms with Gasteiger partial charge in [-0.15, -0.1) is 11.8 Å². The summed E-state index contributed by atoms with van der Waals surface area (Å²) in [7, 11) is 0. The third-order valence-electron chi connectivity index (χ3n) is 3.72. The Morgan fingerprint density at radius 2 is 2.14 bits per heavy atom. The number of esters is 1. The lowest BCUT2D eigenvalue weighted by Gasteiger charge is -2.35. The van der Waals surface area contributed by atoms with Crippen molar-refractivity contribution >= 4 is 29.7 Å². The number of likely N-dealkylation sites (tertiary alicyclic amines) is 1. The number of hydrogen-bond donors (Lipinski definition) is 1. The molecule has 0 spiro atoms. The van der Waals surface area contributed by atoms with Crippen LogP contribution in [0.25, 0.3) is 0 Å². The number of hydrogen-bond acceptors (Lipinski definition) is 5. The number of aliphatic carboxylic acids is 1. The second-order valence-corrected chi connectivity index (χ2v) is 6.14. The number of amides is 2. The fraction of sp³-hybridized carbons (Fsp3) is 0.769. The summed E-state index contributed by atoms with van der Waals surface area (Å²) in [6, 6.07) is -1.06. The maximum Gasteiger partial charge on any atom is 0.327 e. The van der Waals surface area contributed by atoms with Gasteiger partial charge in [-0.05, 0) is 19.8 Å². The van der Waals surface area contributed by atoms with Gasteiger partial charge in [0.1, 0.15) is 6.04 Å². The minimum absolute atomic E-state index is 0.277. The minimum Gasteiger partial charge on any atom is -0.480 e. The Morgan fingerprint density at radius 1 is 1.38 bits per heavy atom. The number of thioether (sulfide) groups is 1. The summed E-state index contributed by atoms with van der Waals surface area (Å²) in [5.74, 6) is -0.763. The van der Waals surface area contributed by atoms with Gasteiger partial charge in [0.15, 0.2) is 0 Å². The lowest BCUT2D eigenvalue weighted by atomic mass is 9.98. The number of nitrogens with zero attached hydrogens (tertiary/aromatic N) is 2. The first-order valence-electron chi connectivity index (χ1n) is 7.07. The van der Waals surface area contributed by atoms with E-state index in [1.165, 1.54) is 16.7 Å². The molecule has 0 aliphatic carbocycles. The monoisotopic (exact) mass is 316 g/mol. The van der Waals surface area contributed by atoms with Crippen LogP contribution in [-0.2, 0) is 14.3 Å². The van der Waals surface area contributed by atoms with E-state index < -0.39 is 12.0 Å². The fourth-order valence-corrected chi connectivity index (χ4v) is 3.76. The molecule has 8 heteroatoms. The molecule has 2 aliphatic heterocycles. The Kier molecular flexibility index (Phi) is 5.33. The van der Waals surface area contributed by atoms with Crippen molar-refractivity contribution in [2.45, 2.75) is 25.8 Å². The van der Waals surface area contributed by atoms with Gasteiger partial charge in [0.25, 0.3) is 0 Å². The molecule has 0 aromatic rings. The molecule has 1 unspecified atom stereocenters. The third kappa shape index (κ3) is 3.61. The van der Waals surface area contributed by atoms with Gasteiger partial charge in [-0.3, -0.25) is 4.79 Å². The second-order valence-electron chi connectivity index (χ2n) is 5.14. The second kappa shape index (κ2) is 7.02. The molecule has 1 N–H and O–H groups in total. The zero-order chi connectivity index (χ0) is 15.4. The van der Waals surface area contributed by atoms with Crippen molar-refractivity contribution in [3.05, 3.63) is 0 Å². The number of carboxylic acids is 1. The van der Waals surface area contributed by atoms with Crippen LogP contribution in [0.5, 0.6) is 0 Å². The highest BCUT2D eigenvalue weighted by molar-refractivity contribution is 7.99. The van der Waals surface area contributed by atoms with Crippen LogP contribution in [0.2, 0.25) is 0 Å². The number of piperidine rings is 1. The lowest BCUT2D eigenvalue weighted by molar-refractivity contribution is -0.149. The lowest BCUT2D eigenvalue weighted by Crippen LogP contribution is -2.52. The summed E-state index contributed by atoms with van der Waals surface area (Å²) in [6.45, 7) is 2.95. The van der Waals surface area contributed by atoms with E-state index in [0.717, 1.165) is 6.42 Å². The number of urea groups is 1. The van der Waals surface area contributed by atoms with Crippen molar-refractivity contribution in [3.8, 4) is 0 Å². The molecule has 0 saturated carbocycles. The maximum absolute atomic E-state index is 12.5. The number of carboxylic acid groups (broad SMARTS) is 1. The molecule has 118 valence electrons. The van der Waals surface area contributed by atoms with Crippen LogP contribution in [0.4, 0.5) is 4.79 Å². The topological polar surface area (TPSA) is 87.2 Å². The van der Waals surface area contributed by atoms with E-state index >= 15 is 0 Å². The van der Waals surface area contributed by atoms with Gasteiger partial charge in [0, 0.05) is 18.8 Å². The Balaban J connectivity index is 1.98. The van der Waals surface area contributed by atoms with E-state index in [-0.39, 0.29) is 17.9 Å². The van der Waals surface area contributed by atoms with Gasteiger partial charge in [-0.25, -0.2) is 9.59 Å². The molecule has 2 heterocycles. The van der Waals surface area contributed by atoms with Crippen LogP contribution in [0.3, 0.4) is 0 Å². The Hall–Kier alpha value is -1.44. The first-order chi connectivity index (χ1) is 10.0. The summed E-state index contributed by atoms with van der Waals surface area (Å²) in [5.41, 5.74) is 0. The molecule has 2 fully saturated rings. The average molecular weight is 316 g/mol. The first-order valence-corrected chi connectivity index (χ1v) is 8.22. The van der Waals surface area contributed by atoms with E-state index in [1.54, 1.807) is 11.8 Å². The van der Waals surface area contributed by atoms with Gasteiger partial charge in [-0.2, -0.15) is 0 Å². The molecule has 7 nitrogen and oxygen atoms in total. The highest BCUT2D eigenvalue weighted by Crippen LogP contribution is 2.25. The maximum atomic E-state index is 12.5. The molecule has 2 amide bonds. The average Bonchev–Trinajstić information content (AvgIpc) is 2.96. The van der Waals surface area contributed by atoms with Crippen LogP contribution in [0.1, 0.15) is 19.8 Å². The third-order valence-corrected chi connectivity index (χ3v) is 4.74. The van der Waals surface area contributed by atoms with Crippen LogP contribution in [0, 0.1) is 5.92 Å². The first kappa shape index (κ1) is 15.9. The zero-order valence-electron chi connectivity index (χ0n) is 12.0. The van der Waals surface area contributed by atoms with E-state index in [2.05, 4.69) is 0 Å². The number of rotatable bonds is 3. The molecule has 0 aromatic heterocycles. The Bertz CT molecular complexity index is 431. The Labute approximate surface area is 127 Å². The SMILES string of the molecule is CCOC(=O)C1CCCN(C(=O)N2CSC[C@H]2C(=O)O)C1. The van der Waals surface area contributed by atoms with Crippen molar-refractivity contribution in [2.75, 3.05) is 31.3 Å². The molecule has 2 aliphatic rings. The van der Waals surface area contributed by atoms with Crippen molar-refractivity contribution in [1.29, 1.82) is 0 Å². The van der Waals surface area contributed by atoms with Gasteiger partial charge >= 0.3 is 18.0 Å². The normalized spacial score (nSPS) is 25.8. The van der Waals surface area contributed by atoms with E-state index in [4.69, 9.17) is 9.84 Å². The summed E-state index contributed by atoms with van der Waals surface area (Å²) < 4.78 is 5.01. The minimum atomic E-state index is -0.979. The molecule has 0 aromatic carbocycles. The summed E-state index contributed by atoms with van der Waals surface area (Å²) in [5, 5.41) is 9.14. The predicted molar refractivity (Wildman–Crippen MR) is 76.9 cm³/mol. The quantitative estimate of drug-likeness (QED) is 0.777. The van der Waals surface area contributed by atoms with Crippen LogP contribution < -0.4 is 0 Å².